The first-order valence-corrected chi connectivity index (χ1v) is 5.07. The lowest BCUT2D eigenvalue weighted by atomic mass is 10.4. The van der Waals surface area contributed by atoms with Crippen molar-refractivity contribution in [3.05, 3.63) is 21.9 Å². The molecule has 0 bridgehead atoms. The maximum Gasteiger partial charge on any atom is 0.206 e. The van der Waals surface area contributed by atoms with Crippen LogP contribution in [-0.4, -0.2) is 15.4 Å². The summed E-state index contributed by atoms with van der Waals surface area (Å²) in [5.74, 6) is 0. The second-order valence-corrected chi connectivity index (χ2v) is 4.46. The lowest BCUT2D eigenvalue weighted by Gasteiger charge is -1.95. The van der Waals surface area contributed by atoms with Crippen LogP contribution in [0.2, 0.25) is 0 Å². The summed E-state index contributed by atoms with van der Waals surface area (Å²) in [5, 5.41) is 15.2. The Balaban J connectivity index is 1.93. The maximum absolute atomic E-state index is 4.68. The first kappa shape index (κ1) is 8.64. The first-order valence-electron chi connectivity index (χ1n) is 3.47. The molecule has 13 heavy (non-hydrogen) atoms. The molecule has 7 heteroatoms. The van der Waals surface area contributed by atoms with Crippen molar-refractivity contribution in [1.82, 2.24) is 15.4 Å². The third kappa shape index (κ3) is 2.25. The minimum Gasteiger partial charge on any atom is -0.364 e. The second kappa shape index (κ2) is 3.84. The number of hydrogen-bond donors (Lipinski definition) is 1. The van der Waals surface area contributed by atoms with Crippen LogP contribution in [-0.2, 0) is 6.54 Å². The molecule has 2 heterocycles. The molecule has 68 valence electrons. The van der Waals surface area contributed by atoms with Crippen LogP contribution in [0.1, 0.15) is 5.69 Å². The molecule has 0 unspecified atom stereocenters. The third-order valence-electron chi connectivity index (χ3n) is 1.31. The minimum absolute atomic E-state index is 0.595. The van der Waals surface area contributed by atoms with E-state index in [0.29, 0.717) is 6.54 Å². The number of anilines is 1. The summed E-state index contributed by atoms with van der Waals surface area (Å²) in [6.07, 6.45) is 1.53. The Morgan fingerprint density at radius 2 is 2.46 bits per heavy atom. The Hall–Kier alpha value is -0.950. The molecule has 0 aliphatic heterocycles. The predicted octanol–water partition coefficient (Wildman–Crippen LogP) is 1.90. The molecule has 0 aliphatic rings. The van der Waals surface area contributed by atoms with E-state index in [-0.39, 0.29) is 0 Å². The van der Waals surface area contributed by atoms with Gasteiger partial charge in [-0.05, 0) is 15.9 Å². The lowest BCUT2D eigenvalue weighted by molar-refractivity contribution is 0.412. The summed E-state index contributed by atoms with van der Waals surface area (Å²) in [5.41, 5.74) is 0.839. The fraction of sp³-hybridized carbons (Fsp3) is 0.167. The van der Waals surface area contributed by atoms with Crippen LogP contribution in [0.15, 0.2) is 20.8 Å². The SMILES string of the molecule is Brc1nnc(NCc2ccon2)s1. The van der Waals surface area contributed by atoms with Gasteiger partial charge in [0.25, 0.3) is 0 Å². The third-order valence-corrected chi connectivity index (χ3v) is 2.63. The molecule has 0 aromatic carbocycles. The molecule has 2 rings (SSSR count). The number of rotatable bonds is 3. The van der Waals surface area contributed by atoms with Crippen LogP contribution < -0.4 is 5.32 Å². The average molecular weight is 261 g/mol. The van der Waals surface area contributed by atoms with Gasteiger partial charge in [-0.1, -0.05) is 16.5 Å². The Kier molecular flexibility index (Phi) is 2.55. The van der Waals surface area contributed by atoms with Crippen LogP contribution in [0.4, 0.5) is 5.13 Å². The van der Waals surface area contributed by atoms with E-state index in [2.05, 4.69) is 41.1 Å². The van der Waals surface area contributed by atoms with Crippen molar-refractivity contribution < 1.29 is 4.52 Å². The van der Waals surface area contributed by atoms with Crippen molar-refractivity contribution in [2.24, 2.45) is 0 Å². The summed E-state index contributed by atoms with van der Waals surface area (Å²) in [4.78, 5) is 0. The summed E-state index contributed by atoms with van der Waals surface area (Å²) >= 11 is 4.66. The second-order valence-electron chi connectivity index (χ2n) is 2.20. The van der Waals surface area contributed by atoms with Gasteiger partial charge in [0.15, 0.2) is 3.92 Å². The van der Waals surface area contributed by atoms with Crippen LogP contribution in [0.25, 0.3) is 0 Å². The molecule has 0 aliphatic carbocycles. The van der Waals surface area contributed by atoms with Crippen molar-refractivity contribution in [3.8, 4) is 0 Å². The summed E-state index contributed by atoms with van der Waals surface area (Å²) in [6, 6.07) is 1.79. The van der Waals surface area contributed by atoms with E-state index in [1.54, 1.807) is 6.07 Å². The highest BCUT2D eigenvalue weighted by Gasteiger charge is 2.01. The predicted molar refractivity (Wildman–Crippen MR) is 51.4 cm³/mol. The van der Waals surface area contributed by atoms with Gasteiger partial charge in [-0.2, -0.15) is 0 Å². The van der Waals surface area contributed by atoms with Gasteiger partial charge in [0.05, 0.1) is 6.54 Å². The van der Waals surface area contributed by atoms with Crippen LogP contribution in [0, 0.1) is 0 Å². The Bertz CT molecular complexity index is 374. The zero-order valence-corrected chi connectivity index (χ0v) is 8.80. The summed E-state index contributed by atoms with van der Waals surface area (Å²) in [6.45, 7) is 0.595. The summed E-state index contributed by atoms with van der Waals surface area (Å²) in [7, 11) is 0. The molecule has 0 saturated heterocycles. The molecule has 0 fully saturated rings. The maximum atomic E-state index is 4.68. The van der Waals surface area contributed by atoms with Crippen molar-refractivity contribution in [1.29, 1.82) is 0 Å². The Labute approximate surface area is 86.3 Å². The average Bonchev–Trinajstić information content (AvgIpc) is 2.71. The lowest BCUT2D eigenvalue weighted by Crippen LogP contribution is -1.98. The molecular formula is C6H5BrN4OS. The van der Waals surface area contributed by atoms with E-state index in [4.69, 9.17) is 0 Å². The number of hydrogen-bond acceptors (Lipinski definition) is 6. The van der Waals surface area contributed by atoms with Gasteiger partial charge in [-0.15, -0.1) is 10.2 Å². The van der Waals surface area contributed by atoms with Crippen LogP contribution in [0.5, 0.6) is 0 Å². The largest absolute Gasteiger partial charge is 0.364 e. The van der Waals surface area contributed by atoms with E-state index >= 15 is 0 Å². The number of nitrogens with one attached hydrogen (secondary N) is 1. The molecule has 0 amide bonds. The van der Waals surface area contributed by atoms with Crippen molar-refractivity contribution in [2.45, 2.75) is 6.54 Å². The first-order chi connectivity index (χ1) is 6.34. The van der Waals surface area contributed by atoms with Gasteiger partial charge in [0, 0.05) is 6.07 Å². The fourth-order valence-electron chi connectivity index (χ4n) is 0.772. The molecule has 2 aromatic rings. The highest BCUT2D eigenvalue weighted by Crippen LogP contribution is 2.20. The van der Waals surface area contributed by atoms with Crippen molar-refractivity contribution in [2.75, 3.05) is 5.32 Å². The number of nitrogens with zero attached hydrogens (tertiary/aromatic N) is 3. The van der Waals surface area contributed by atoms with Crippen LogP contribution in [0.3, 0.4) is 0 Å². The molecule has 0 radical (unpaired) electrons. The highest BCUT2D eigenvalue weighted by atomic mass is 79.9. The topological polar surface area (TPSA) is 63.8 Å². The van der Waals surface area contributed by atoms with Crippen LogP contribution >= 0.6 is 27.3 Å². The fourth-order valence-corrected chi connectivity index (χ4v) is 1.78. The van der Waals surface area contributed by atoms with E-state index in [1.807, 2.05) is 0 Å². The quantitative estimate of drug-likeness (QED) is 0.914. The molecule has 2 aromatic heterocycles. The van der Waals surface area contributed by atoms with Gasteiger partial charge in [-0.3, -0.25) is 0 Å². The molecular weight excluding hydrogens is 256 g/mol. The zero-order chi connectivity index (χ0) is 9.10. The Morgan fingerprint density at radius 3 is 3.08 bits per heavy atom. The van der Waals surface area contributed by atoms with Gasteiger partial charge in [0.2, 0.25) is 5.13 Å². The van der Waals surface area contributed by atoms with Gasteiger partial charge < -0.3 is 9.84 Å². The van der Waals surface area contributed by atoms with E-state index in [9.17, 15) is 0 Å². The van der Waals surface area contributed by atoms with Crippen molar-refractivity contribution in [3.63, 3.8) is 0 Å². The smallest absolute Gasteiger partial charge is 0.206 e. The molecule has 5 nitrogen and oxygen atoms in total. The standard InChI is InChI=1S/C6H5BrN4OS/c7-5-9-10-6(13-5)8-3-4-1-2-12-11-4/h1-2H,3H2,(H,8,10). The normalized spacial score (nSPS) is 10.2. The molecule has 0 atom stereocenters. The van der Waals surface area contributed by atoms with E-state index in [0.717, 1.165) is 14.7 Å². The van der Waals surface area contributed by atoms with Gasteiger partial charge >= 0.3 is 0 Å². The van der Waals surface area contributed by atoms with E-state index in [1.165, 1.54) is 17.6 Å². The van der Waals surface area contributed by atoms with Crippen molar-refractivity contribution >= 4 is 32.4 Å². The summed E-state index contributed by atoms with van der Waals surface area (Å²) < 4.78 is 5.44. The van der Waals surface area contributed by atoms with Gasteiger partial charge in [-0.25, -0.2) is 0 Å². The molecule has 1 N–H and O–H groups in total. The minimum atomic E-state index is 0.595. The molecule has 0 spiro atoms. The van der Waals surface area contributed by atoms with Gasteiger partial charge in [0.1, 0.15) is 12.0 Å². The highest BCUT2D eigenvalue weighted by molar-refractivity contribution is 9.11. The van der Waals surface area contributed by atoms with E-state index < -0.39 is 0 Å². The zero-order valence-electron chi connectivity index (χ0n) is 6.40. The molecule has 0 saturated carbocycles. The monoisotopic (exact) mass is 260 g/mol. The number of halogens is 1. The Morgan fingerprint density at radius 1 is 1.54 bits per heavy atom. The number of aromatic nitrogens is 3.